The van der Waals surface area contributed by atoms with E-state index in [0.717, 1.165) is 58.0 Å². The highest BCUT2D eigenvalue weighted by Gasteiger charge is 2.41. The molecule has 0 radical (unpaired) electrons. The van der Waals surface area contributed by atoms with Crippen LogP contribution in [-0.4, -0.2) is 36.2 Å². The molecular weight excluding hydrogens is 228 g/mol. The molecule has 1 amide bonds. The Morgan fingerprint density at radius 1 is 1.44 bits per heavy atom. The molecule has 2 fully saturated rings. The zero-order valence-electron chi connectivity index (χ0n) is 11.4. The van der Waals surface area contributed by atoms with E-state index in [4.69, 9.17) is 0 Å². The number of amides is 1. The predicted octanol–water partition coefficient (Wildman–Crippen LogP) is 1.19. The fraction of sp³-hybridized carbons (Fsp3) is 0.929. The monoisotopic (exact) mass is 254 g/mol. The molecule has 0 aromatic carbocycles. The minimum Gasteiger partial charge on any atom is -0.391 e. The second kappa shape index (κ2) is 6.02. The minimum absolute atomic E-state index is 0.0272. The highest BCUT2D eigenvalue weighted by Crippen LogP contribution is 2.32. The van der Waals surface area contributed by atoms with Crippen LogP contribution in [0.2, 0.25) is 0 Å². The lowest BCUT2D eigenvalue weighted by Crippen LogP contribution is -2.51. The smallest absolute Gasteiger partial charge is 0.227 e. The Hall–Kier alpha value is -0.610. The summed E-state index contributed by atoms with van der Waals surface area (Å²) in [6, 6.07) is -0.0272. The number of nitrogens with one attached hydrogen (secondary N) is 2. The molecule has 0 aromatic heterocycles. The van der Waals surface area contributed by atoms with E-state index < -0.39 is 0 Å². The van der Waals surface area contributed by atoms with E-state index in [-0.39, 0.29) is 23.5 Å². The summed E-state index contributed by atoms with van der Waals surface area (Å²) in [6.07, 6.45) is 6.48. The summed E-state index contributed by atoms with van der Waals surface area (Å²) < 4.78 is 0. The van der Waals surface area contributed by atoms with Crippen LogP contribution >= 0.6 is 0 Å². The van der Waals surface area contributed by atoms with Crippen LogP contribution in [0.1, 0.15) is 51.9 Å². The summed E-state index contributed by atoms with van der Waals surface area (Å²) in [4.78, 5) is 12.5. The Labute approximate surface area is 110 Å². The Morgan fingerprint density at radius 3 is 2.83 bits per heavy atom. The fourth-order valence-electron chi connectivity index (χ4n) is 3.34. The van der Waals surface area contributed by atoms with Crippen molar-refractivity contribution in [2.75, 3.05) is 13.1 Å². The SMILES string of the molecule is CCCC1(C(=O)N[C@H]2CCCC[C@@H]2O)CCNC1. The molecule has 1 heterocycles. The minimum atomic E-state index is -0.351. The van der Waals surface area contributed by atoms with E-state index in [1.165, 1.54) is 0 Å². The Morgan fingerprint density at radius 2 is 2.22 bits per heavy atom. The van der Waals surface area contributed by atoms with Crippen molar-refractivity contribution in [3.05, 3.63) is 0 Å². The van der Waals surface area contributed by atoms with Crippen LogP contribution in [0.4, 0.5) is 0 Å². The van der Waals surface area contributed by atoms with Gasteiger partial charge in [0.1, 0.15) is 0 Å². The number of carbonyl (C=O) groups is 1. The van der Waals surface area contributed by atoms with Gasteiger partial charge in [0.05, 0.1) is 17.6 Å². The normalized spacial score (nSPS) is 36.6. The molecule has 1 unspecified atom stereocenters. The summed E-state index contributed by atoms with van der Waals surface area (Å²) >= 11 is 0. The summed E-state index contributed by atoms with van der Waals surface area (Å²) in [5.74, 6) is 0.153. The summed E-state index contributed by atoms with van der Waals surface area (Å²) in [7, 11) is 0. The van der Waals surface area contributed by atoms with Gasteiger partial charge in [-0.2, -0.15) is 0 Å². The van der Waals surface area contributed by atoms with Crippen molar-refractivity contribution in [3.8, 4) is 0 Å². The molecule has 18 heavy (non-hydrogen) atoms. The van der Waals surface area contributed by atoms with E-state index >= 15 is 0 Å². The first-order chi connectivity index (χ1) is 8.68. The molecule has 4 heteroatoms. The molecular formula is C14H26N2O2. The fourth-order valence-corrected chi connectivity index (χ4v) is 3.34. The van der Waals surface area contributed by atoms with Gasteiger partial charge in [0.2, 0.25) is 5.91 Å². The molecule has 1 saturated carbocycles. The standard InChI is InChI=1S/C14H26N2O2/c1-2-7-14(8-9-15-10-14)13(18)16-11-5-3-4-6-12(11)17/h11-12,15,17H,2-10H2,1H3,(H,16,18)/t11-,12-,14?/m0/s1. The van der Waals surface area contributed by atoms with Crippen LogP contribution in [0.5, 0.6) is 0 Å². The van der Waals surface area contributed by atoms with Gasteiger partial charge in [-0.15, -0.1) is 0 Å². The molecule has 4 nitrogen and oxygen atoms in total. The van der Waals surface area contributed by atoms with E-state index in [1.54, 1.807) is 0 Å². The van der Waals surface area contributed by atoms with Gasteiger partial charge in [0.15, 0.2) is 0 Å². The highest BCUT2D eigenvalue weighted by molar-refractivity contribution is 5.83. The molecule has 1 aliphatic carbocycles. The van der Waals surface area contributed by atoms with Gasteiger partial charge >= 0.3 is 0 Å². The maximum absolute atomic E-state index is 12.5. The van der Waals surface area contributed by atoms with Gasteiger partial charge in [-0.1, -0.05) is 26.2 Å². The Bertz CT molecular complexity index is 288. The molecule has 104 valence electrons. The van der Waals surface area contributed by atoms with Crippen molar-refractivity contribution in [1.29, 1.82) is 0 Å². The molecule has 0 spiro atoms. The number of aliphatic hydroxyl groups excluding tert-OH is 1. The summed E-state index contributed by atoms with van der Waals surface area (Å²) in [6.45, 7) is 3.85. The van der Waals surface area contributed by atoms with Crippen LogP contribution in [-0.2, 0) is 4.79 Å². The quantitative estimate of drug-likeness (QED) is 0.706. The van der Waals surface area contributed by atoms with Gasteiger partial charge in [-0.05, 0) is 32.2 Å². The molecule has 2 aliphatic rings. The number of rotatable bonds is 4. The van der Waals surface area contributed by atoms with Crippen molar-refractivity contribution in [2.45, 2.75) is 64.0 Å². The average Bonchev–Trinajstić information content (AvgIpc) is 2.82. The Kier molecular flexibility index (Phi) is 4.62. The lowest BCUT2D eigenvalue weighted by atomic mass is 9.80. The second-order valence-electron chi connectivity index (χ2n) is 5.89. The maximum Gasteiger partial charge on any atom is 0.227 e. The predicted molar refractivity (Wildman–Crippen MR) is 71.2 cm³/mol. The molecule has 0 aromatic rings. The third-order valence-corrected chi connectivity index (χ3v) is 4.50. The van der Waals surface area contributed by atoms with Crippen molar-refractivity contribution < 1.29 is 9.90 Å². The third-order valence-electron chi connectivity index (χ3n) is 4.50. The first-order valence-electron chi connectivity index (χ1n) is 7.38. The van der Waals surface area contributed by atoms with Gasteiger partial charge in [0.25, 0.3) is 0 Å². The zero-order valence-corrected chi connectivity index (χ0v) is 11.4. The third kappa shape index (κ3) is 2.86. The molecule has 3 atom stereocenters. The Balaban J connectivity index is 1.96. The first kappa shape index (κ1) is 13.8. The second-order valence-corrected chi connectivity index (χ2v) is 5.89. The number of aliphatic hydroxyl groups is 1. The van der Waals surface area contributed by atoms with Crippen LogP contribution < -0.4 is 10.6 Å². The van der Waals surface area contributed by atoms with E-state index in [9.17, 15) is 9.90 Å². The lowest BCUT2D eigenvalue weighted by Gasteiger charge is -2.33. The highest BCUT2D eigenvalue weighted by atomic mass is 16.3. The lowest BCUT2D eigenvalue weighted by molar-refractivity contribution is -0.132. The van der Waals surface area contributed by atoms with Crippen molar-refractivity contribution in [1.82, 2.24) is 10.6 Å². The first-order valence-corrected chi connectivity index (χ1v) is 7.38. The maximum atomic E-state index is 12.5. The van der Waals surface area contributed by atoms with Gasteiger partial charge in [-0.3, -0.25) is 4.79 Å². The van der Waals surface area contributed by atoms with Gasteiger partial charge < -0.3 is 15.7 Å². The van der Waals surface area contributed by atoms with Crippen molar-refractivity contribution in [3.63, 3.8) is 0 Å². The van der Waals surface area contributed by atoms with Crippen molar-refractivity contribution in [2.24, 2.45) is 5.41 Å². The molecule has 1 aliphatic heterocycles. The molecule has 1 saturated heterocycles. The summed E-state index contributed by atoms with van der Waals surface area (Å²) in [5.41, 5.74) is -0.230. The summed E-state index contributed by atoms with van der Waals surface area (Å²) in [5, 5.41) is 16.4. The largest absolute Gasteiger partial charge is 0.391 e. The topological polar surface area (TPSA) is 61.4 Å². The van der Waals surface area contributed by atoms with Crippen LogP contribution in [0.3, 0.4) is 0 Å². The van der Waals surface area contributed by atoms with Crippen molar-refractivity contribution >= 4 is 5.91 Å². The van der Waals surface area contributed by atoms with E-state index in [0.29, 0.717) is 0 Å². The number of hydrogen-bond acceptors (Lipinski definition) is 3. The van der Waals surface area contributed by atoms with Crippen LogP contribution in [0, 0.1) is 5.41 Å². The molecule has 2 rings (SSSR count). The average molecular weight is 254 g/mol. The number of hydrogen-bond donors (Lipinski definition) is 3. The number of carbonyl (C=O) groups excluding carboxylic acids is 1. The van der Waals surface area contributed by atoms with Gasteiger partial charge in [0, 0.05) is 6.54 Å². The zero-order chi connectivity index (χ0) is 13.0. The van der Waals surface area contributed by atoms with Crippen LogP contribution in [0.25, 0.3) is 0 Å². The van der Waals surface area contributed by atoms with Gasteiger partial charge in [-0.25, -0.2) is 0 Å². The molecule has 3 N–H and O–H groups in total. The van der Waals surface area contributed by atoms with E-state index in [2.05, 4.69) is 17.6 Å². The van der Waals surface area contributed by atoms with Crippen LogP contribution in [0.15, 0.2) is 0 Å². The molecule has 0 bridgehead atoms. The van der Waals surface area contributed by atoms with E-state index in [1.807, 2.05) is 0 Å².